The Morgan fingerprint density at radius 2 is 1.89 bits per heavy atom. The second-order valence-electron chi connectivity index (χ2n) is 6.06. The molecule has 0 radical (unpaired) electrons. The zero-order valence-electron chi connectivity index (χ0n) is 12.7. The van der Waals surface area contributed by atoms with Crippen LogP contribution in [0.4, 0.5) is 0 Å². The fraction of sp³-hybridized carbons (Fsp3) is 0.933. The second-order valence-corrected chi connectivity index (χ2v) is 6.06. The van der Waals surface area contributed by atoms with E-state index in [4.69, 9.17) is 0 Å². The summed E-state index contributed by atoms with van der Waals surface area (Å²) in [7, 11) is 0. The van der Waals surface area contributed by atoms with E-state index in [-0.39, 0.29) is 30.1 Å². The third-order valence-corrected chi connectivity index (χ3v) is 4.14. The van der Waals surface area contributed by atoms with Crippen LogP contribution < -0.4 is 10.6 Å². The van der Waals surface area contributed by atoms with Gasteiger partial charge in [0.05, 0.1) is 12.6 Å². The molecule has 0 aromatic carbocycles. The Labute approximate surface area is 117 Å². The first-order valence-corrected chi connectivity index (χ1v) is 7.72. The normalized spacial score (nSPS) is 21.7. The SMILES string of the molecule is CCCC(C)NC(=O)C(C)NC1(CO)CCCCC1. The van der Waals surface area contributed by atoms with Crippen molar-refractivity contribution in [3.8, 4) is 0 Å². The number of nitrogens with one attached hydrogen (secondary N) is 2. The first-order valence-electron chi connectivity index (χ1n) is 7.72. The summed E-state index contributed by atoms with van der Waals surface area (Å²) in [6.07, 6.45) is 7.50. The largest absolute Gasteiger partial charge is 0.394 e. The van der Waals surface area contributed by atoms with E-state index in [1.807, 2.05) is 13.8 Å². The Morgan fingerprint density at radius 1 is 1.26 bits per heavy atom. The molecule has 0 spiro atoms. The lowest BCUT2D eigenvalue weighted by Gasteiger charge is -2.38. The van der Waals surface area contributed by atoms with Crippen molar-refractivity contribution in [1.29, 1.82) is 0 Å². The number of amides is 1. The average molecular weight is 270 g/mol. The van der Waals surface area contributed by atoms with Crippen molar-refractivity contribution in [3.05, 3.63) is 0 Å². The molecule has 0 aromatic rings. The lowest BCUT2D eigenvalue weighted by atomic mass is 9.81. The van der Waals surface area contributed by atoms with Crippen LogP contribution in [0, 0.1) is 0 Å². The molecule has 3 N–H and O–H groups in total. The van der Waals surface area contributed by atoms with E-state index < -0.39 is 0 Å². The molecule has 2 unspecified atom stereocenters. The molecule has 1 fully saturated rings. The average Bonchev–Trinajstić information content (AvgIpc) is 2.40. The van der Waals surface area contributed by atoms with Gasteiger partial charge in [0.15, 0.2) is 0 Å². The van der Waals surface area contributed by atoms with Crippen LogP contribution in [0.25, 0.3) is 0 Å². The number of rotatable bonds is 7. The zero-order valence-corrected chi connectivity index (χ0v) is 12.7. The molecule has 0 heterocycles. The molecule has 4 heteroatoms. The van der Waals surface area contributed by atoms with Gasteiger partial charge in [-0.2, -0.15) is 0 Å². The van der Waals surface area contributed by atoms with Crippen molar-refractivity contribution in [2.45, 2.75) is 83.3 Å². The van der Waals surface area contributed by atoms with Crippen LogP contribution >= 0.6 is 0 Å². The number of hydrogen-bond donors (Lipinski definition) is 3. The number of aliphatic hydroxyl groups is 1. The Hall–Kier alpha value is -0.610. The molecule has 1 amide bonds. The van der Waals surface area contributed by atoms with E-state index in [1.54, 1.807) is 0 Å². The summed E-state index contributed by atoms with van der Waals surface area (Å²) in [5.74, 6) is 0.0411. The zero-order chi connectivity index (χ0) is 14.3. The van der Waals surface area contributed by atoms with Gasteiger partial charge < -0.3 is 10.4 Å². The van der Waals surface area contributed by atoms with Crippen molar-refractivity contribution in [2.24, 2.45) is 0 Å². The quantitative estimate of drug-likeness (QED) is 0.663. The van der Waals surface area contributed by atoms with Crippen molar-refractivity contribution in [3.63, 3.8) is 0 Å². The smallest absolute Gasteiger partial charge is 0.237 e. The van der Waals surface area contributed by atoms with Gasteiger partial charge in [-0.1, -0.05) is 32.6 Å². The fourth-order valence-electron chi connectivity index (χ4n) is 2.97. The summed E-state index contributed by atoms with van der Waals surface area (Å²) in [6.45, 7) is 6.17. The van der Waals surface area contributed by atoms with Gasteiger partial charge in [-0.15, -0.1) is 0 Å². The number of carbonyl (C=O) groups excluding carboxylic acids is 1. The maximum absolute atomic E-state index is 12.1. The predicted molar refractivity (Wildman–Crippen MR) is 78.0 cm³/mol. The van der Waals surface area contributed by atoms with E-state index in [9.17, 15) is 9.90 Å². The molecule has 0 aliphatic heterocycles. The van der Waals surface area contributed by atoms with Crippen LogP contribution in [-0.4, -0.2) is 35.2 Å². The Bertz CT molecular complexity index is 275. The monoisotopic (exact) mass is 270 g/mol. The minimum Gasteiger partial charge on any atom is -0.394 e. The molecule has 112 valence electrons. The van der Waals surface area contributed by atoms with Gasteiger partial charge in [0, 0.05) is 11.6 Å². The predicted octanol–water partition coefficient (Wildman–Crippen LogP) is 1.96. The molecule has 2 atom stereocenters. The van der Waals surface area contributed by atoms with Crippen LogP contribution in [0.2, 0.25) is 0 Å². The van der Waals surface area contributed by atoms with Gasteiger partial charge in [0.25, 0.3) is 0 Å². The fourth-order valence-corrected chi connectivity index (χ4v) is 2.97. The molecule has 19 heavy (non-hydrogen) atoms. The third-order valence-electron chi connectivity index (χ3n) is 4.14. The lowest BCUT2D eigenvalue weighted by Crippen LogP contribution is -2.58. The van der Waals surface area contributed by atoms with Gasteiger partial charge in [-0.25, -0.2) is 0 Å². The van der Waals surface area contributed by atoms with Crippen LogP contribution in [-0.2, 0) is 4.79 Å². The highest BCUT2D eigenvalue weighted by atomic mass is 16.3. The Kier molecular flexibility index (Phi) is 6.80. The van der Waals surface area contributed by atoms with Crippen molar-refractivity contribution in [1.82, 2.24) is 10.6 Å². The van der Waals surface area contributed by atoms with Crippen LogP contribution in [0.15, 0.2) is 0 Å². The summed E-state index contributed by atoms with van der Waals surface area (Å²) >= 11 is 0. The van der Waals surface area contributed by atoms with Crippen molar-refractivity contribution < 1.29 is 9.90 Å². The summed E-state index contributed by atoms with van der Waals surface area (Å²) in [6, 6.07) is -0.0252. The molecular weight excluding hydrogens is 240 g/mol. The number of aliphatic hydroxyl groups excluding tert-OH is 1. The summed E-state index contributed by atoms with van der Waals surface area (Å²) in [5, 5.41) is 16.0. The van der Waals surface area contributed by atoms with E-state index in [0.29, 0.717) is 0 Å². The second kappa shape index (κ2) is 7.85. The van der Waals surface area contributed by atoms with E-state index >= 15 is 0 Å². The topological polar surface area (TPSA) is 61.4 Å². The van der Waals surface area contributed by atoms with E-state index in [2.05, 4.69) is 17.6 Å². The molecule has 1 aliphatic carbocycles. The third kappa shape index (κ3) is 5.11. The van der Waals surface area contributed by atoms with E-state index in [0.717, 1.165) is 38.5 Å². The highest BCUT2D eigenvalue weighted by molar-refractivity contribution is 5.81. The molecular formula is C15H30N2O2. The van der Waals surface area contributed by atoms with Crippen LogP contribution in [0.5, 0.6) is 0 Å². The highest BCUT2D eigenvalue weighted by Crippen LogP contribution is 2.28. The maximum atomic E-state index is 12.1. The van der Waals surface area contributed by atoms with Crippen LogP contribution in [0.3, 0.4) is 0 Å². The Balaban J connectivity index is 2.47. The molecule has 1 rings (SSSR count). The van der Waals surface area contributed by atoms with Gasteiger partial charge in [0.2, 0.25) is 5.91 Å². The highest BCUT2D eigenvalue weighted by Gasteiger charge is 2.33. The molecule has 0 aromatic heterocycles. The molecule has 0 saturated heterocycles. The van der Waals surface area contributed by atoms with E-state index in [1.165, 1.54) is 6.42 Å². The standard InChI is InChI=1S/C15H30N2O2/c1-4-8-12(2)16-14(19)13(3)17-15(11-18)9-6-5-7-10-15/h12-13,17-18H,4-11H2,1-3H3,(H,16,19). The summed E-state index contributed by atoms with van der Waals surface area (Å²) < 4.78 is 0. The number of carbonyl (C=O) groups is 1. The van der Waals surface area contributed by atoms with Crippen molar-refractivity contribution >= 4 is 5.91 Å². The maximum Gasteiger partial charge on any atom is 0.237 e. The Morgan fingerprint density at radius 3 is 2.42 bits per heavy atom. The summed E-state index contributed by atoms with van der Waals surface area (Å²) in [5.41, 5.74) is -0.247. The lowest BCUT2D eigenvalue weighted by molar-refractivity contribution is -0.124. The van der Waals surface area contributed by atoms with Gasteiger partial charge in [0.1, 0.15) is 0 Å². The minimum atomic E-state index is -0.247. The number of hydrogen-bond acceptors (Lipinski definition) is 3. The van der Waals surface area contributed by atoms with Gasteiger partial charge in [-0.05, 0) is 33.1 Å². The first kappa shape index (κ1) is 16.4. The molecule has 1 aliphatic rings. The van der Waals surface area contributed by atoms with Crippen molar-refractivity contribution in [2.75, 3.05) is 6.61 Å². The summed E-state index contributed by atoms with van der Waals surface area (Å²) in [4.78, 5) is 12.1. The van der Waals surface area contributed by atoms with Crippen LogP contribution in [0.1, 0.15) is 65.7 Å². The molecule has 4 nitrogen and oxygen atoms in total. The van der Waals surface area contributed by atoms with Gasteiger partial charge >= 0.3 is 0 Å². The van der Waals surface area contributed by atoms with Gasteiger partial charge in [-0.3, -0.25) is 10.1 Å². The molecule has 1 saturated carbocycles. The molecule has 0 bridgehead atoms. The minimum absolute atomic E-state index is 0.0411. The first-order chi connectivity index (χ1) is 9.03.